The lowest BCUT2D eigenvalue weighted by atomic mass is 9.82. The van der Waals surface area contributed by atoms with Crippen molar-refractivity contribution in [2.24, 2.45) is 23.7 Å². The standard InChI is InChI=1S/C38H33BrN2O5/c1-5-22-14-26(39)16-29-30(38(45)46-18-32(42)24-7-6-19(2)20(3)12-24)17-31(40-35(22)29)23-8-10-27(11-9-23)41-36(43)33-25-13-21(4)28(15-25)34(33)37(41)44/h6-14,16-17,25,28,33-34H,5,15,18H2,1-4H3. The highest BCUT2D eigenvalue weighted by molar-refractivity contribution is 9.10. The molecule has 1 aliphatic heterocycles. The summed E-state index contributed by atoms with van der Waals surface area (Å²) < 4.78 is 6.39. The summed E-state index contributed by atoms with van der Waals surface area (Å²) >= 11 is 3.56. The Bertz CT molecular complexity index is 2010. The molecule has 3 aromatic carbocycles. The van der Waals surface area contributed by atoms with Gasteiger partial charge >= 0.3 is 5.97 Å². The van der Waals surface area contributed by atoms with Gasteiger partial charge < -0.3 is 4.74 Å². The number of fused-ring (bicyclic) bond motifs is 6. The Balaban J connectivity index is 1.19. The van der Waals surface area contributed by atoms with Crippen LogP contribution in [0.25, 0.3) is 22.2 Å². The van der Waals surface area contributed by atoms with Gasteiger partial charge in [0.15, 0.2) is 12.4 Å². The van der Waals surface area contributed by atoms with E-state index < -0.39 is 5.97 Å². The lowest BCUT2D eigenvalue weighted by Gasteiger charge is -2.19. The van der Waals surface area contributed by atoms with E-state index in [-0.39, 0.29) is 47.9 Å². The zero-order chi connectivity index (χ0) is 32.4. The first-order valence-corrected chi connectivity index (χ1v) is 16.4. The number of aromatic nitrogens is 1. The highest BCUT2D eigenvalue weighted by Gasteiger charge is 2.60. The Morgan fingerprint density at radius 2 is 1.67 bits per heavy atom. The van der Waals surface area contributed by atoms with E-state index in [2.05, 4.69) is 28.9 Å². The maximum Gasteiger partial charge on any atom is 0.339 e. The molecule has 2 bridgehead atoms. The first kappa shape index (κ1) is 30.2. The number of halogens is 1. The topological polar surface area (TPSA) is 93.6 Å². The minimum Gasteiger partial charge on any atom is -0.454 e. The SMILES string of the molecule is CCc1cc(Br)cc2c(C(=O)OCC(=O)c3ccc(C)c(C)c3)cc(-c3ccc(N4C(=O)C5C6C=C(C)C(C6)C5C4=O)cc3)nc12. The number of ketones is 1. The second-order valence-corrected chi connectivity index (χ2v) is 13.6. The number of hydrogen-bond donors (Lipinski definition) is 0. The van der Waals surface area contributed by atoms with E-state index in [0.29, 0.717) is 45.4 Å². The second-order valence-electron chi connectivity index (χ2n) is 12.7. The summed E-state index contributed by atoms with van der Waals surface area (Å²) in [5.74, 6) is -1.40. The number of nitrogens with zero attached hydrogens (tertiary/aromatic N) is 2. The Kier molecular flexibility index (Phi) is 7.51. The second kappa shape index (κ2) is 11.4. The molecular formula is C38H33BrN2O5. The van der Waals surface area contributed by atoms with E-state index in [9.17, 15) is 19.2 Å². The molecule has 7 rings (SSSR count). The van der Waals surface area contributed by atoms with Crippen LogP contribution in [-0.4, -0.2) is 35.2 Å². The van der Waals surface area contributed by atoms with Gasteiger partial charge in [-0.25, -0.2) is 9.78 Å². The molecule has 8 heteroatoms. The average molecular weight is 678 g/mol. The first-order chi connectivity index (χ1) is 22.0. The number of allylic oxidation sites excluding steroid dienone is 2. The lowest BCUT2D eigenvalue weighted by molar-refractivity contribution is -0.123. The van der Waals surface area contributed by atoms with Crippen molar-refractivity contribution in [3.8, 4) is 11.3 Å². The number of anilines is 1. The Labute approximate surface area is 275 Å². The molecule has 0 spiro atoms. The van der Waals surface area contributed by atoms with Gasteiger partial charge in [-0.15, -0.1) is 0 Å². The predicted molar refractivity (Wildman–Crippen MR) is 180 cm³/mol. The fourth-order valence-electron chi connectivity index (χ4n) is 7.46. The van der Waals surface area contributed by atoms with E-state index in [1.165, 1.54) is 10.5 Å². The number of amides is 2. The number of esters is 1. The van der Waals surface area contributed by atoms with Crippen LogP contribution in [0, 0.1) is 37.5 Å². The number of aryl methyl sites for hydroxylation is 3. The molecule has 2 fully saturated rings. The Morgan fingerprint density at radius 3 is 2.39 bits per heavy atom. The summed E-state index contributed by atoms with van der Waals surface area (Å²) in [5.41, 5.74) is 7.47. The molecule has 0 N–H and O–H groups in total. The number of benzene rings is 3. The molecule has 4 unspecified atom stereocenters. The highest BCUT2D eigenvalue weighted by atomic mass is 79.9. The van der Waals surface area contributed by atoms with Crippen LogP contribution in [0.1, 0.15) is 57.7 Å². The molecule has 1 saturated heterocycles. The van der Waals surface area contributed by atoms with Gasteiger partial charge in [0, 0.05) is 21.0 Å². The normalized spacial score (nSPS) is 21.6. The molecule has 2 amide bonds. The highest BCUT2D eigenvalue weighted by Crippen LogP contribution is 2.56. The third-order valence-electron chi connectivity index (χ3n) is 10.0. The average Bonchev–Trinajstić information content (AvgIpc) is 3.69. The van der Waals surface area contributed by atoms with Gasteiger partial charge in [0.2, 0.25) is 11.8 Å². The van der Waals surface area contributed by atoms with E-state index in [1.807, 2.05) is 51.1 Å². The van der Waals surface area contributed by atoms with Gasteiger partial charge in [0.25, 0.3) is 0 Å². The fraction of sp³-hybridized carbons (Fsp3) is 0.289. The molecule has 46 heavy (non-hydrogen) atoms. The molecule has 7 nitrogen and oxygen atoms in total. The third kappa shape index (κ3) is 4.90. The molecule has 2 aliphatic carbocycles. The zero-order valence-electron chi connectivity index (χ0n) is 26.1. The van der Waals surface area contributed by atoms with E-state index in [1.54, 1.807) is 30.3 Å². The van der Waals surface area contributed by atoms with Gasteiger partial charge in [-0.1, -0.05) is 58.8 Å². The van der Waals surface area contributed by atoms with Crippen LogP contribution in [0.5, 0.6) is 0 Å². The van der Waals surface area contributed by atoms with Gasteiger partial charge in [-0.3, -0.25) is 19.3 Å². The van der Waals surface area contributed by atoms with E-state index >= 15 is 0 Å². The summed E-state index contributed by atoms with van der Waals surface area (Å²) in [6.45, 7) is 7.60. The van der Waals surface area contributed by atoms with Crippen molar-refractivity contribution in [3.63, 3.8) is 0 Å². The summed E-state index contributed by atoms with van der Waals surface area (Å²) in [5, 5.41) is 0.619. The van der Waals surface area contributed by atoms with Crippen molar-refractivity contribution in [2.45, 2.75) is 40.5 Å². The van der Waals surface area contributed by atoms with Crippen molar-refractivity contribution in [1.29, 1.82) is 0 Å². The molecule has 1 saturated carbocycles. The lowest BCUT2D eigenvalue weighted by Crippen LogP contribution is -2.32. The number of carbonyl (C=O) groups is 4. The van der Waals surface area contributed by atoms with Crippen LogP contribution in [0.3, 0.4) is 0 Å². The molecule has 0 radical (unpaired) electrons. The summed E-state index contributed by atoms with van der Waals surface area (Å²) in [7, 11) is 0. The maximum absolute atomic E-state index is 13.6. The summed E-state index contributed by atoms with van der Waals surface area (Å²) in [6.07, 6.45) is 3.74. The molecule has 3 aliphatic rings. The molecule has 1 aromatic heterocycles. The minimum atomic E-state index is -0.624. The largest absolute Gasteiger partial charge is 0.454 e. The quantitative estimate of drug-likeness (QED) is 0.0867. The number of imide groups is 1. The van der Waals surface area contributed by atoms with Crippen molar-refractivity contribution < 1.29 is 23.9 Å². The third-order valence-corrected chi connectivity index (χ3v) is 10.5. The number of Topliss-reactive ketones (excluding diaryl/α,β-unsaturated/α-hetero) is 1. The van der Waals surface area contributed by atoms with Gasteiger partial charge in [0.05, 0.1) is 34.3 Å². The van der Waals surface area contributed by atoms with Crippen LogP contribution < -0.4 is 4.90 Å². The first-order valence-electron chi connectivity index (χ1n) is 15.6. The summed E-state index contributed by atoms with van der Waals surface area (Å²) in [6, 6.07) is 18.1. The monoisotopic (exact) mass is 676 g/mol. The number of hydrogen-bond acceptors (Lipinski definition) is 6. The smallest absolute Gasteiger partial charge is 0.339 e. The van der Waals surface area contributed by atoms with Crippen LogP contribution in [0.15, 0.2) is 76.8 Å². The maximum atomic E-state index is 13.6. The predicted octanol–water partition coefficient (Wildman–Crippen LogP) is 7.58. The number of ether oxygens (including phenoxy) is 1. The van der Waals surface area contributed by atoms with Gasteiger partial charge in [0.1, 0.15) is 0 Å². The molecule has 4 atom stereocenters. The van der Waals surface area contributed by atoms with Crippen LogP contribution in [0.2, 0.25) is 0 Å². The van der Waals surface area contributed by atoms with Crippen molar-refractivity contribution in [1.82, 2.24) is 4.98 Å². The van der Waals surface area contributed by atoms with Crippen LogP contribution in [-0.2, 0) is 20.7 Å². The molecule has 2 heterocycles. The molecule has 4 aromatic rings. The minimum absolute atomic E-state index is 0.120. The Hall–Kier alpha value is -4.43. The summed E-state index contributed by atoms with van der Waals surface area (Å²) in [4.78, 5) is 59.7. The Morgan fingerprint density at radius 1 is 0.935 bits per heavy atom. The zero-order valence-corrected chi connectivity index (χ0v) is 27.7. The van der Waals surface area contributed by atoms with Crippen LogP contribution >= 0.6 is 15.9 Å². The number of rotatable bonds is 7. The van der Waals surface area contributed by atoms with Crippen molar-refractivity contribution in [3.05, 3.63) is 105 Å². The van der Waals surface area contributed by atoms with Gasteiger partial charge in [-0.2, -0.15) is 0 Å². The van der Waals surface area contributed by atoms with E-state index in [0.717, 1.165) is 27.6 Å². The van der Waals surface area contributed by atoms with Gasteiger partial charge in [-0.05, 0) is 98.5 Å². The van der Waals surface area contributed by atoms with Crippen molar-refractivity contribution >= 4 is 56.1 Å². The number of carbonyl (C=O) groups excluding carboxylic acids is 4. The molecule has 232 valence electrons. The number of pyridine rings is 1. The molecular weight excluding hydrogens is 644 g/mol. The fourth-order valence-corrected chi connectivity index (χ4v) is 7.97. The van der Waals surface area contributed by atoms with Crippen LogP contribution in [0.4, 0.5) is 5.69 Å². The van der Waals surface area contributed by atoms with E-state index in [4.69, 9.17) is 9.72 Å². The van der Waals surface area contributed by atoms with Crippen molar-refractivity contribution in [2.75, 3.05) is 11.5 Å².